The van der Waals surface area contributed by atoms with Crippen LogP contribution in [0, 0.1) is 0 Å². The summed E-state index contributed by atoms with van der Waals surface area (Å²) >= 11 is 7.40. The third-order valence-electron chi connectivity index (χ3n) is 4.67. The first-order valence-electron chi connectivity index (χ1n) is 10.0. The fourth-order valence-corrected chi connectivity index (χ4v) is 3.91. The lowest BCUT2D eigenvalue weighted by molar-refractivity contribution is -0.118. The van der Waals surface area contributed by atoms with Crippen molar-refractivity contribution in [3.63, 3.8) is 0 Å². The molecule has 8 heteroatoms. The molecule has 3 rings (SSSR count). The zero-order valence-corrected chi connectivity index (χ0v) is 19.7. The van der Waals surface area contributed by atoms with Crippen LogP contribution >= 0.6 is 23.4 Å². The molecule has 31 heavy (non-hydrogen) atoms. The number of hydrogen-bond acceptors (Lipinski definition) is 5. The molecule has 6 nitrogen and oxygen atoms in total. The number of nitrogens with one attached hydrogen (secondary N) is 1. The maximum absolute atomic E-state index is 12.2. The monoisotopic (exact) mass is 455 g/mol. The van der Waals surface area contributed by atoms with Crippen LogP contribution in [0.1, 0.15) is 38.8 Å². The molecule has 2 aromatic carbocycles. The summed E-state index contributed by atoms with van der Waals surface area (Å²) in [6.07, 6.45) is 1.53. The predicted molar refractivity (Wildman–Crippen MR) is 128 cm³/mol. The standard InChI is InChI=1S/C23H26ClN5OS/c1-5-29-21(16-10-12-18(13-11-16)23(2,3)4)27-28-22(29)31-15-20(30)26-25-14-17-8-6-7-9-19(17)24/h6-14H,5,15H2,1-4H3,(H,26,30)/b25-14-. The molecule has 0 aliphatic rings. The number of rotatable bonds is 7. The van der Waals surface area contributed by atoms with Crippen molar-refractivity contribution in [2.75, 3.05) is 5.75 Å². The van der Waals surface area contributed by atoms with Crippen LogP contribution in [0.25, 0.3) is 11.4 Å². The van der Waals surface area contributed by atoms with Crippen LogP contribution in [-0.2, 0) is 16.8 Å². The van der Waals surface area contributed by atoms with Crippen LogP contribution in [0.15, 0.2) is 58.8 Å². The second-order valence-electron chi connectivity index (χ2n) is 7.98. The Hall–Kier alpha value is -2.64. The number of thioether (sulfide) groups is 1. The number of hydrazone groups is 1. The molecular formula is C23H26ClN5OS. The topological polar surface area (TPSA) is 72.2 Å². The average Bonchev–Trinajstić information content (AvgIpc) is 3.16. The molecule has 1 aromatic heterocycles. The minimum Gasteiger partial charge on any atom is -0.302 e. The van der Waals surface area contributed by atoms with Gasteiger partial charge in [0.05, 0.1) is 12.0 Å². The summed E-state index contributed by atoms with van der Waals surface area (Å²) in [4.78, 5) is 12.2. The smallest absolute Gasteiger partial charge is 0.250 e. The number of hydrogen-bond donors (Lipinski definition) is 1. The maximum Gasteiger partial charge on any atom is 0.250 e. The van der Waals surface area contributed by atoms with E-state index in [4.69, 9.17) is 11.6 Å². The molecule has 162 valence electrons. The van der Waals surface area contributed by atoms with Gasteiger partial charge in [-0.05, 0) is 24.0 Å². The van der Waals surface area contributed by atoms with Crippen LogP contribution in [0.4, 0.5) is 0 Å². The highest BCUT2D eigenvalue weighted by atomic mass is 35.5. The molecular weight excluding hydrogens is 430 g/mol. The quantitative estimate of drug-likeness (QED) is 0.303. The van der Waals surface area contributed by atoms with Crippen LogP contribution in [0.2, 0.25) is 5.02 Å². The Kier molecular flexibility index (Phi) is 7.51. The Morgan fingerprint density at radius 1 is 1.16 bits per heavy atom. The molecule has 0 spiro atoms. The van der Waals surface area contributed by atoms with E-state index in [0.29, 0.717) is 16.7 Å². The van der Waals surface area contributed by atoms with Crippen molar-refractivity contribution in [2.45, 2.75) is 44.8 Å². The van der Waals surface area contributed by atoms with Crippen molar-refractivity contribution in [1.82, 2.24) is 20.2 Å². The summed E-state index contributed by atoms with van der Waals surface area (Å²) in [5, 5.41) is 13.9. The Labute approximate surface area is 192 Å². The number of amides is 1. The summed E-state index contributed by atoms with van der Waals surface area (Å²) in [5.74, 6) is 0.749. The maximum atomic E-state index is 12.2. The second-order valence-corrected chi connectivity index (χ2v) is 9.33. The van der Waals surface area contributed by atoms with E-state index in [-0.39, 0.29) is 17.1 Å². The average molecular weight is 456 g/mol. The largest absolute Gasteiger partial charge is 0.302 e. The molecule has 0 aliphatic carbocycles. The molecule has 0 unspecified atom stereocenters. The lowest BCUT2D eigenvalue weighted by atomic mass is 9.87. The van der Waals surface area contributed by atoms with E-state index in [1.807, 2.05) is 29.7 Å². The summed E-state index contributed by atoms with van der Waals surface area (Å²) < 4.78 is 2.01. The van der Waals surface area contributed by atoms with Gasteiger partial charge in [-0.1, -0.05) is 86.6 Å². The Morgan fingerprint density at radius 2 is 1.87 bits per heavy atom. The molecule has 3 aromatic rings. The summed E-state index contributed by atoms with van der Waals surface area (Å²) in [5.41, 5.74) is 5.62. The minimum absolute atomic E-state index is 0.0969. The van der Waals surface area contributed by atoms with Gasteiger partial charge in [0.15, 0.2) is 11.0 Å². The van der Waals surface area contributed by atoms with Gasteiger partial charge in [0.2, 0.25) is 0 Å². The highest BCUT2D eigenvalue weighted by Crippen LogP contribution is 2.27. The Bertz CT molecular complexity index is 1070. The number of carbonyl (C=O) groups is 1. The number of carbonyl (C=O) groups excluding carboxylic acids is 1. The highest BCUT2D eigenvalue weighted by molar-refractivity contribution is 7.99. The van der Waals surface area contributed by atoms with Gasteiger partial charge >= 0.3 is 0 Å². The molecule has 0 atom stereocenters. The van der Waals surface area contributed by atoms with Crippen molar-refractivity contribution in [1.29, 1.82) is 0 Å². The zero-order valence-electron chi connectivity index (χ0n) is 18.1. The summed E-state index contributed by atoms with van der Waals surface area (Å²) in [7, 11) is 0. The van der Waals surface area contributed by atoms with Crippen LogP contribution in [0.5, 0.6) is 0 Å². The van der Waals surface area contributed by atoms with Gasteiger partial charge in [0, 0.05) is 22.7 Å². The third-order valence-corrected chi connectivity index (χ3v) is 5.98. The molecule has 0 fully saturated rings. The minimum atomic E-state index is -0.227. The predicted octanol–water partition coefficient (Wildman–Crippen LogP) is 5.16. The second kappa shape index (κ2) is 10.1. The normalized spacial score (nSPS) is 11.8. The highest BCUT2D eigenvalue weighted by Gasteiger charge is 2.17. The van der Waals surface area contributed by atoms with Gasteiger partial charge in [-0.3, -0.25) is 4.79 Å². The molecule has 1 N–H and O–H groups in total. The van der Waals surface area contributed by atoms with E-state index < -0.39 is 0 Å². The molecule has 0 saturated carbocycles. The fraction of sp³-hybridized carbons (Fsp3) is 0.304. The summed E-state index contributed by atoms with van der Waals surface area (Å²) in [6, 6.07) is 15.7. The lowest BCUT2D eigenvalue weighted by Gasteiger charge is -2.19. The van der Waals surface area contributed by atoms with E-state index in [1.54, 1.807) is 6.07 Å². The van der Waals surface area contributed by atoms with Gasteiger partial charge in [-0.15, -0.1) is 10.2 Å². The first-order valence-corrected chi connectivity index (χ1v) is 11.4. The van der Waals surface area contributed by atoms with E-state index in [2.05, 4.69) is 65.8 Å². The molecule has 0 bridgehead atoms. The van der Waals surface area contributed by atoms with Crippen molar-refractivity contribution >= 4 is 35.5 Å². The molecule has 0 radical (unpaired) electrons. The number of aromatic nitrogens is 3. The van der Waals surface area contributed by atoms with E-state index in [1.165, 1.54) is 23.5 Å². The lowest BCUT2D eigenvalue weighted by Crippen LogP contribution is -2.20. The number of halogens is 1. The van der Waals surface area contributed by atoms with E-state index in [0.717, 1.165) is 17.0 Å². The Balaban J connectivity index is 1.63. The third kappa shape index (κ3) is 5.95. The fourth-order valence-electron chi connectivity index (χ4n) is 2.93. The molecule has 0 saturated heterocycles. The first kappa shape index (κ1) is 23.0. The SMILES string of the molecule is CCn1c(SCC(=O)N/N=C\c2ccccc2Cl)nnc1-c1ccc(C(C)(C)C)cc1. The molecule has 1 amide bonds. The van der Waals surface area contributed by atoms with Crippen LogP contribution < -0.4 is 5.43 Å². The molecule has 0 aliphatic heterocycles. The van der Waals surface area contributed by atoms with Gasteiger partial charge < -0.3 is 4.57 Å². The van der Waals surface area contributed by atoms with Gasteiger partial charge in [-0.25, -0.2) is 5.43 Å². The van der Waals surface area contributed by atoms with Gasteiger partial charge in [0.1, 0.15) is 0 Å². The van der Waals surface area contributed by atoms with Gasteiger partial charge in [0.25, 0.3) is 5.91 Å². The van der Waals surface area contributed by atoms with Crippen molar-refractivity contribution < 1.29 is 4.79 Å². The molecule has 1 heterocycles. The Morgan fingerprint density at radius 3 is 2.52 bits per heavy atom. The zero-order chi connectivity index (χ0) is 22.4. The van der Waals surface area contributed by atoms with Crippen molar-refractivity contribution in [3.8, 4) is 11.4 Å². The number of benzene rings is 2. The van der Waals surface area contributed by atoms with Crippen LogP contribution in [0.3, 0.4) is 0 Å². The first-order chi connectivity index (χ1) is 14.8. The van der Waals surface area contributed by atoms with Gasteiger partial charge in [-0.2, -0.15) is 5.10 Å². The van der Waals surface area contributed by atoms with Crippen molar-refractivity contribution in [3.05, 3.63) is 64.7 Å². The van der Waals surface area contributed by atoms with E-state index in [9.17, 15) is 4.79 Å². The van der Waals surface area contributed by atoms with Crippen molar-refractivity contribution in [2.24, 2.45) is 5.10 Å². The van der Waals surface area contributed by atoms with E-state index >= 15 is 0 Å². The summed E-state index contributed by atoms with van der Waals surface area (Å²) in [6.45, 7) is 9.31. The van der Waals surface area contributed by atoms with Crippen LogP contribution in [-0.4, -0.2) is 32.6 Å². The number of nitrogens with zero attached hydrogens (tertiary/aromatic N) is 4.